The predicted octanol–water partition coefficient (Wildman–Crippen LogP) is 2.83. The average molecular weight is 423 g/mol. The standard InChI is InChI=1S/C22H27ClO6/c1-26-10-15(24)12-28-21-17-5-3-4-6-18(17)22(29-13-16(25)11-27-2)20-9-14(23)7-8-19(20)21/h3-7,15-16,24-25H,8-13H2,1-2H3. The highest BCUT2D eigenvalue weighted by Gasteiger charge is 2.25. The number of aliphatic hydroxyl groups is 2. The third-order valence-electron chi connectivity index (χ3n) is 4.76. The summed E-state index contributed by atoms with van der Waals surface area (Å²) in [5.74, 6) is 1.41. The summed E-state index contributed by atoms with van der Waals surface area (Å²) >= 11 is 6.34. The number of halogens is 1. The van der Waals surface area contributed by atoms with Gasteiger partial charge in [-0.3, -0.25) is 0 Å². The maximum Gasteiger partial charge on any atom is 0.131 e. The summed E-state index contributed by atoms with van der Waals surface area (Å²) < 4.78 is 22.1. The lowest BCUT2D eigenvalue weighted by Gasteiger charge is -2.25. The lowest BCUT2D eigenvalue weighted by atomic mass is 9.90. The minimum absolute atomic E-state index is 0.109. The summed E-state index contributed by atoms with van der Waals surface area (Å²) in [5, 5.41) is 22.6. The monoisotopic (exact) mass is 422 g/mol. The first-order valence-corrected chi connectivity index (χ1v) is 9.93. The molecule has 2 aromatic rings. The smallest absolute Gasteiger partial charge is 0.131 e. The van der Waals surface area contributed by atoms with Crippen molar-refractivity contribution in [1.82, 2.24) is 0 Å². The molecule has 29 heavy (non-hydrogen) atoms. The lowest BCUT2D eigenvalue weighted by molar-refractivity contribution is 0.0318. The van der Waals surface area contributed by atoms with Gasteiger partial charge in [0.15, 0.2) is 0 Å². The fourth-order valence-corrected chi connectivity index (χ4v) is 3.72. The van der Waals surface area contributed by atoms with Crippen molar-refractivity contribution in [2.24, 2.45) is 0 Å². The van der Waals surface area contributed by atoms with Crippen molar-refractivity contribution in [2.45, 2.75) is 25.0 Å². The first-order valence-electron chi connectivity index (χ1n) is 9.55. The summed E-state index contributed by atoms with van der Waals surface area (Å²) in [4.78, 5) is 0. The highest BCUT2D eigenvalue weighted by atomic mass is 35.5. The second kappa shape index (κ2) is 10.3. The molecule has 0 heterocycles. The van der Waals surface area contributed by atoms with Crippen LogP contribution in [0.15, 0.2) is 35.4 Å². The number of hydrogen-bond acceptors (Lipinski definition) is 6. The molecule has 0 saturated heterocycles. The van der Waals surface area contributed by atoms with Crippen LogP contribution in [0.3, 0.4) is 0 Å². The quantitative estimate of drug-likeness (QED) is 0.613. The van der Waals surface area contributed by atoms with Gasteiger partial charge in [0.2, 0.25) is 0 Å². The zero-order chi connectivity index (χ0) is 20.8. The van der Waals surface area contributed by atoms with E-state index in [1.165, 1.54) is 14.2 Å². The lowest BCUT2D eigenvalue weighted by Crippen LogP contribution is -2.24. The van der Waals surface area contributed by atoms with Crippen LogP contribution in [0.2, 0.25) is 0 Å². The van der Waals surface area contributed by atoms with E-state index in [1.807, 2.05) is 30.3 Å². The van der Waals surface area contributed by atoms with Crippen molar-refractivity contribution in [2.75, 3.05) is 40.6 Å². The molecular weight excluding hydrogens is 396 g/mol. The van der Waals surface area contributed by atoms with Crippen LogP contribution < -0.4 is 9.47 Å². The molecule has 0 saturated carbocycles. The molecule has 1 aliphatic carbocycles. The molecule has 3 rings (SSSR count). The van der Waals surface area contributed by atoms with Gasteiger partial charge in [-0.15, -0.1) is 0 Å². The zero-order valence-electron chi connectivity index (χ0n) is 16.7. The molecule has 2 aromatic carbocycles. The molecule has 0 aromatic heterocycles. The van der Waals surface area contributed by atoms with Gasteiger partial charge in [-0.1, -0.05) is 41.9 Å². The fourth-order valence-electron chi connectivity index (χ4n) is 3.50. The van der Waals surface area contributed by atoms with Crippen LogP contribution in [0.1, 0.15) is 11.1 Å². The molecule has 2 N–H and O–H groups in total. The van der Waals surface area contributed by atoms with Crippen LogP contribution in [-0.2, 0) is 22.3 Å². The third kappa shape index (κ3) is 5.21. The Morgan fingerprint density at radius 2 is 1.38 bits per heavy atom. The number of rotatable bonds is 10. The van der Waals surface area contributed by atoms with Crippen LogP contribution in [0, 0.1) is 0 Å². The van der Waals surface area contributed by atoms with Crippen molar-refractivity contribution in [3.63, 3.8) is 0 Å². The summed E-state index contributed by atoms with van der Waals surface area (Å²) in [6.45, 7) is 0.622. The highest BCUT2D eigenvalue weighted by molar-refractivity contribution is 6.30. The Bertz CT molecular complexity index is 866. The molecule has 6 nitrogen and oxygen atoms in total. The molecule has 0 fully saturated rings. The first kappa shape index (κ1) is 21.9. The molecule has 1 aliphatic rings. The minimum Gasteiger partial charge on any atom is -0.490 e. The molecule has 2 unspecified atom stereocenters. The number of ether oxygens (including phenoxy) is 4. The average Bonchev–Trinajstić information content (AvgIpc) is 2.71. The Labute approximate surface area is 175 Å². The molecule has 0 spiro atoms. The summed E-state index contributed by atoms with van der Waals surface area (Å²) in [6.07, 6.45) is 1.63. The first-order chi connectivity index (χ1) is 14.0. The molecule has 158 valence electrons. The molecule has 0 aliphatic heterocycles. The van der Waals surface area contributed by atoms with Gasteiger partial charge < -0.3 is 29.2 Å². The van der Waals surface area contributed by atoms with Crippen molar-refractivity contribution in [3.8, 4) is 11.5 Å². The fraction of sp³-hybridized carbons (Fsp3) is 0.455. The number of benzene rings is 2. The number of aliphatic hydroxyl groups excluding tert-OH is 2. The Kier molecular flexibility index (Phi) is 7.75. The van der Waals surface area contributed by atoms with E-state index in [2.05, 4.69) is 0 Å². The van der Waals surface area contributed by atoms with Crippen molar-refractivity contribution < 1.29 is 29.2 Å². The van der Waals surface area contributed by atoms with E-state index in [1.54, 1.807) is 0 Å². The van der Waals surface area contributed by atoms with E-state index in [4.69, 9.17) is 30.5 Å². The van der Waals surface area contributed by atoms with Crippen LogP contribution >= 0.6 is 11.6 Å². The predicted molar refractivity (Wildman–Crippen MR) is 112 cm³/mol. The Morgan fingerprint density at radius 3 is 1.90 bits per heavy atom. The van der Waals surface area contributed by atoms with E-state index < -0.39 is 12.2 Å². The van der Waals surface area contributed by atoms with E-state index in [0.717, 1.165) is 32.7 Å². The van der Waals surface area contributed by atoms with Crippen LogP contribution in [0.25, 0.3) is 10.8 Å². The molecule has 7 heteroatoms. The van der Waals surface area contributed by atoms with Crippen LogP contribution in [0.4, 0.5) is 0 Å². The summed E-state index contributed by atoms with van der Waals surface area (Å²) in [5.41, 5.74) is 1.92. The van der Waals surface area contributed by atoms with Gasteiger partial charge in [-0.05, 0) is 6.42 Å². The molecule has 0 bridgehead atoms. The van der Waals surface area contributed by atoms with Gasteiger partial charge in [-0.25, -0.2) is 0 Å². The highest BCUT2D eigenvalue weighted by Crippen LogP contribution is 2.44. The van der Waals surface area contributed by atoms with Crippen molar-refractivity contribution >= 4 is 22.4 Å². The maximum absolute atomic E-state index is 10.0. The number of hydrogen-bond donors (Lipinski definition) is 2. The number of methoxy groups -OCH3 is 2. The largest absolute Gasteiger partial charge is 0.490 e. The van der Waals surface area contributed by atoms with E-state index >= 15 is 0 Å². The zero-order valence-corrected chi connectivity index (χ0v) is 17.4. The Morgan fingerprint density at radius 1 is 0.862 bits per heavy atom. The van der Waals surface area contributed by atoms with Gasteiger partial charge in [-0.2, -0.15) is 0 Å². The van der Waals surface area contributed by atoms with Crippen LogP contribution in [0.5, 0.6) is 11.5 Å². The van der Waals surface area contributed by atoms with Gasteiger partial charge in [0.25, 0.3) is 0 Å². The molecule has 2 atom stereocenters. The van der Waals surface area contributed by atoms with Gasteiger partial charge in [0, 0.05) is 47.6 Å². The second-order valence-electron chi connectivity index (χ2n) is 7.03. The normalized spacial score (nSPS) is 15.6. The van der Waals surface area contributed by atoms with Crippen LogP contribution in [-0.4, -0.2) is 63.1 Å². The van der Waals surface area contributed by atoms with Crippen molar-refractivity contribution in [3.05, 3.63) is 46.5 Å². The maximum atomic E-state index is 10.0. The SMILES string of the molecule is COCC(O)COc1c2c(c(OCC(O)COC)c3ccccc13)CC(Cl)=CC2. The topological polar surface area (TPSA) is 77.4 Å². The third-order valence-corrected chi connectivity index (χ3v) is 5.05. The van der Waals surface area contributed by atoms with Gasteiger partial charge in [0.1, 0.15) is 36.9 Å². The second-order valence-corrected chi connectivity index (χ2v) is 7.52. The van der Waals surface area contributed by atoms with E-state index in [9.17, 15) is 10.2 Å². The van der Waals surface area contributed by atoms with E-state index in [-0.39, 0.29) is 26.4 Å². The molecule has 0 radical (unpaired) electrons. The minimum atomic E-state index is -0.732. The number of allylic oxidation sites excluding steroid dienone is 2. The van der Waals surface area contributed by atoms with E-state index in [0.29, 0.717) is 18.6 Å². The van der Waals surface area contributed by atoms with Crippen molar-refractivity contribution in [1.29, 1.82) is 0 Å². The Hall–Kier alpha value is -1.83. The van der Waals surface area contributed by atoms with Gasteiger partial charge in [0.05, 0.1) is 13.2 Å². The molecular formula is C22H27ClO6. The molecule has 0 amide bonds. The summed E-state index contributed by atoms with van der Waals surface area (Å²) in [6, 6.07) is 7.78. The Balaban J connectivity index is 2.03. The number of fused-ring (bicyclic) bond motifs is 2. The summed E-state index contributed by atoms with van der Waals surface area (Å²) in [7, 11) is 3.08. The van der Waals surface area contributed by atoms with Gasteiger partial charge >= 0.3 is 0 Å².